The maximum Gasteiger partial charge on any atom is 0.240 e. The number of halogens is 2. The van der Waals surface area contributed by atoms with Crippen LogP contribution in [0.1, 0.15) is 22.6 Å². The zero-order valence-electron chi connectivity index (χ0n) is 29.4. The van der Waals surface area contributed by atoms with Crippen LogP contribution in [0.4, 0.5) is 0 Å². The quantitative estimate of drug-likeness (QED) is 0.0586. The molecule has 290 valence electrons. The van der Waals surface area contributed by atoms with Crippen molar-refractivity contribution in [1.29, 1.82) is 0 Å². The Bertz CT molecular complexity index is 1520. The molecule has 1 atom stereocenters. The standard InChI is InChI=1S/C24H31Cl2N5O5S.C8H18N4O3/c1-31-16-22(21-14-19(25)15-24(26)23(21)17-31)18-3-2-4-20(13-18)37(32,33)29-6-8-35-10-12-36-11-9-34-7-5-28-30-27;9-1-3-13-5-7-15-8-6-14-4-2-11-12-10/h2-4,13-15,22,29H,5-12,16-17H2,1H3;1-9H2/t22-;/m0./s1. The summed E-state index contributed by atoms with van der Waals surface area (Å²) in [5.74, 6) is -0.0557. The van der Waals surface area contributed by atoms with E-state index < -0.39 is 10.0 Å². The highest BCUT2D eigenvalue weighted by molar-refractivity contribution is 7.89. The van der Waals surface area contributed by atoms with Crippen molar-refractivity contribution in [2.45, 2.75) is 17.4 Å². The van der Waals surface area contributed by atoms with Crippen LogP contribution in [0.25, 0.3) is 20.9 Å². The predicted octanol–water partition coefficient (Wildman–Crippen LogP) is 4.51. The summed E-state index contributed by atoms with van der Waals surface area (Å²) in [5, 5.41) is 7.86. The fourth-order valence-electron chi connectivity index (χ4n) is 4.83. The molecular weight excluding hydrogens is 741 g/mol. The van der Waals surface area contributed by atoms with Crippen LogP contribution < -0.4 is 10.5 Å². The average molecular weight is 791 g/mol. The number of nitrogens with zero attached hydrogens (tertiary/aromatic N) is 7. The van der Waals surface area contributed by atoms with Crippen molar-refractivity contribution in [2.24, 2.45) is 16.0 Å². The van der Waals surface area contributed by atoms with E-state index in [0.29, 0.717) is 102 Å². The molecule has 1 heterocycles. The first-order valence-corrected chi connectivity index (χ1v) is 18.9. The number of fused-ring (bicyclic) bond motifs is 1. The Balaban J connectivity index is 0.000000526. The minimum atomic E-state index is -3.72. The van der Waals surface area contributed by atoms with Crippen molar-refractivity contribution in [2.75, 3.05) is 119 Å². The van der Waals surface area contributed by atoms with E-state index in [0.717, 1.165) is 23.2 Å². The zero-order chi connectivity index (χ0) is 37.9. The number of hydrogen-bond donors (Lipinski definition) is 2. The van der Waals surface area contributed by atoms with Crippen molar-refractivity contribution < 1.29 is 36.8 Å². The van der Waals surface area contributed by atoms with Crippen molar-refractivity contribution in [1.82, 2.24) is 9.62 Å². The first kappa shape index (κ1) is 45.4. The highest BCUT2D eigenvalue weighted by atomic mass is 35.5. The molecule has 1 aliphatic heterocycles. The number of sulfonamides is 1. The Kier molecular flexibility index (Phi) is 24.2. The predicted molar refractivity (Wildman–Crippen MR) is 198 cm³/mol. The normalized spacial score (nSPS) is 14.1. The van der Waals surface area contributed by atoms with Crippen molar-refractivity contribution >= 4 is 33.2 Å². The third kappa shape index (κ3) is 18.8. The number of likely N-dealkylation sites (N-methyl/N-ethyl adjacent to an activating group) is 1. The number of nitrogens with two attached hydrogens (primary N) is 1. The Hall–Kier alpha value is -2.77. The molecule has 0 spiro atoms. The number of hydrogen-bond acceptors (Lipinski definition) is 12. The van der Waals surface area contributed by atoms with Gasteiger partial charge in [-0.05, 0) is 59.1 Å². The lowest BCUT2D eigenvalue weighted by molar-refractivity contribution is 0.0171. The van der Waals surface area contributed by atoms with E-state index in [9.17, 15) is 8.42 Å². The number of benzene rings is 2. The van der Waals surface area contributed by atoms with Crippen LogP contribution in [0.3, 0.4) is 0 Å². The highest BCUT2D eigenvalue weighted by Gasteiger charge is 2.28. The molecule has 0 unspecified atom stereocenters. The Morgan fingerprint density at radius 2 is 1.37 bits per heavy atom. The van der Waals surface area contributed by atoms with Gasteiger partial charge in [-0.1, -0.05) is 45.6 Å². The van der Waals surface area contributed by atoms with Gasteiger partial charge in [-0.25, -0.2) is 13.1 Å². The summed E-state index contributed by atoms with van der Waals surface area (Å²) in [6, 6.07) is 10.6. The lowest BCUT2D eigenvalue weighted by Crippen LogP contribution is -2.31. The Morgan fingerprint density at radius 1 is 0.827 bits per heavy atom. The molecule has 20 heteroatoms. The summed E-state index contributed by atoms with van der Waals surface area (Å²) in [6.07, 6.45) is 0. The minimum absolute atomic E-state index is 0.0557. The van der Waals surface area contributed by atoms with Gasteiger partial charge in [0.05, 0.1) is 84.2 Å². The van der Waals surface area contributed by atoms with E-state index >= 15 is 0 Å². The van der Waals surface area contributed by atoms with Crippen molar-refractivity contribution in [3.63, 3.8) is 0 Å². The number of rotatable bonds is 26. The second-order valence-corrected chi connectivity index (χ2v) is 13.7. The van der Waals surface area contributed by atoms with Crippen LogP contribution >= 0.6 is 23.2 Å². The Labute approximate surface area is 315 Å². The topological polar surface area (TPSA) is 228 Å². The van der Waals surface area contributed by atoms with E-state index in [1.54, 1.807) is 24.3 Å². The molecule has 0 bridgehead atoms. The van der Waals surface area contributed by atoms with E-state index in [1.807, 2.05) is 19.2 Å². The van der Waals surface area contributed by atoms with E-state index in [-0.39, 0.29) is 30.5 Å². The molecule has 0 aliphatic carbocycles. The van der Waals surface area contributed by atoms with Gasteiger partial charge in [0.2, 0.25) is 10.0 Å². The van der Waals surface area contributed by atoms with Gasteiger partial charge < -0.3 is 39.1 Å². The van der Waals surface area contributed by atoms with Gasteiger partial charge in [-0.2, -0.15) is 0 Å². The molecule has 0 aromatic heterocycles. The van der Waals surface area contributed by atoms with Gasteiger partial charge in [-0.3, -0.25) is 0 Å². The molecule has 0 saturated heterocycles. The molecule has 3 rings (SSSR count). The first-order valence-electron chi connectivity index (χ1n) is 16.7. The van der Waals surface area contributed by atoms with Crippen LogP contribution in [0.2, 0.25) is 10.0 Å². The average Bonchev–Trinajstić information content (AvgIpc) is 3.13. The number of azide groups is 2. The minimum Gasteiger partial charge on any atom is -0.379 e. The van der Waals surface area contributed by atoms with Crippen molar-refractivity contribution in [3.8, 4) is 0 Å². The summed E-state index contributed by atoms with van der Waals surface area (Å²) >= 11 is 12.7. The number of nitrogens with one attached hydrogen (secondary N) is 1. The van der Waals surface area contributed by atoms with E-state index in [2.05, 4.69) is 29.7 Å². The van der Waals surface area contributed by atoms with Gasteiger partial charge in [-0.15, -0.1) is 0 Å². The lowest BCUT2D eigenvalue weighted by Gasteiger charge is -2.33. The van der Waals surface area contributed by atoms with Gasteiger partial charge in [0.25, 0.3) is 0 Å². The lowest BCUT2D eigenvalue weighted by atomic mass is 9.85. The zero-order valence-corrected chi connectivity index (χ0v) is 31.7. The summed E-state index contributed by atoms with van der Waals surface area (Å²) in [7, 11) is -1.71. The fraction of sp³-hybridized carbons (Fsp3) is 0.625. The van der Waals surface area contributed by atoms with Crippen molar-refractivity contribution in [3.05, 3.63) is 84.0 Å². The van der Waals surface area contributed by atoms with Crippen LogP contribution in [0.5, 0.6) is 0 Å². The van der Waals surface area contributed by atoms with Crippen LogP contribution in [-0.2, 0) is 45.0 Å². The monoisotopic (exact) mass is 789 g/mol. The van der Waals surface area contributed by atoms with Gasteiger partial charge >= 0.3 is 0 Å². The Morgan fingerprint density at radius 3 is 1.92 bits per heavy atom. The molecule has 0 radical (unpaired) electrons. The summed E-state index contributed by atoms with van der Waals surface area (Å²) in [5.41, 5.74) is 24.3. The fourth-order valence-corrected chi connectivity index (χ4v) is 6.46. The van der Waals surface area contributed by atoms with Crippen LogP contribution in [0, 0.1) is 0 Å². The molecule has 0 fully saturated rings. The largest absolute Gasteiger partial charge is 0.379 e. The molecular formula is C32H49Cl2N9O8S. The van der Waals surface area contributed by atoms with Gasteiger partial charge in [0, 0.05) is 65.1 Å². The van der Waals surface area contributed by atoms with E-state index in [4.69, 9.17) is 68.4 Å². The third-order valence-corrected chi connectivity index (χ3v) is 9.16. The SMILES string of the molecule is CN1Cc2c(Cl)cc(Cl)cc2[C@H](c2cccc(S(=O)(=O)NCCOCCOCCOCCN=[N+]=[N-])c2)C1.[N-]=[N+]=NCCOCCOCCOCCN. The maximum absolute atomic E-state index is 12.9. The second-order valence-electron chi connectivity index (χ2n) is 11.0. The first-order chi connectivity index (χ1) is 25.2. The van der Waals surface area contributed by atoms with E-state index in [1.165, 1.54) is 0 Å². The third-order valence-electron chi connectivity index (χ3n) is 7.15. The van der Waals surface area contributed by atoms with Crippen LogP contribution in [-0.4, -0.2) is 132 Å². The second kappa shape index (κ2) is 27.8. The molecule has 2 aromatic carbocycles. The molecule has 0 saturated carbocycles. The summed E-state index contributed by atoms with van der Waals surface area (Å²) in [4.78, 5) is 7.58. The molecule has 17 nitrogen and oxygen atoms in total. The molecule has 2 aromatic rings. The molecule has 1 aliphatic rings. The van der Waals surface area contributed by atoms with Crippen LogP contribution in [0.15, 0.2) is 51.5 Å². The molecule has 0 amide bonds. The van der Waals surface area contributed by atoms with Gasteiger partial charge in [0.15, 0.2) is 0 Å². The highest BCUT2D eigenvalue weighted by Crippen LogP contribution is 2.38. The molecule has 3 N–H and O–H groups in total. The number of ether oxygens (including phenoxy) is 6. The van der Waals surface area contributed by atoms with Gasteiger partial charge in [0.1, 0.15) is 0 Å². The summed E-state index contributed by atoms with van der Waals surface area (Å²) < 4.78 is 59.8. The maximum atomic E-state index is 12.9. The molecule has 52 heavy (non-hydrogen) atoms. The summed E-state index contributed by atoms with van der Waals surface area (Å²) in [6.45, 7) is 7.86. The smallest absolute Gasteiger partial charge is 0.240 e.